The molecule has 1 aromatic heterocycles. The van der Waals surface area contributed by atoms with Crippen molar-refractivity contribution in [1.29, 1.82) is 0 Å². The van der Waals surface area contributed by atoms with Gasteiger partial charge < -0.3 is 5.32 Å². The van der Waals surface area contributed by atoms with Crippen molar-refractivity contribution in [2.75, 3.05) is 26.2 Å². The van der Waals surface area contributed by atoms with E-state index in [9.17, 15) is 0 Å². The standard InChI is InChI=1S/C12H21N3S/c1-4-11-10(3)16-12(14-11)9(2)15-7-5-13-6-8-15/h9,13H,4-8H2,1-3H3. The van der Waals surface area contributed by atoms with E-state index >= 15 is 0 Å². The molecule has 0 saturated carbocycles. The lowest BCUT2D eigenvalue weighted by molar-refractivity contribution is 0.185. The van der Waals surface area contributed by atoms with E-state index in [1.54, 1.807) is 0 Å². The lowest BCUT2D eigenvalue weighted by Gasteiger charge is -2.31. The number of rotatable bonds is 3. The molecule has 0 spiro atoms. The van der Waals surface area contributed by atoms with Gasteiger partial charge in [-0.1, -0.05) is 6.92 Å². The highest BCUT2D eigenvalue weighted by Crippen LogP contribution is 2.27. The molecule has 1 atom stereocenters. The molecule has 1 N–H and O–H groups in total. The Morgan fingerprint density at radius 1 is 1.44 bits per heavy atom. The Balaban J connectivity index is 2.09. The molecule has 1 aliphatic rings. The van der Waals surface area contributed by atoms with Crippen molar-refractivity contribution in [3.8, 4) is 0 Å². The van der Waals surface area contributed by atoms with Crippen LogP contribution in [0.3, 0.4) is 0 Å². The van der Waals surface area contributed by atoms with Crippen molar-refractivity contribution >= 4 is 11.3 Å². The number of aromatic nitrogens is 1. The zero-order valence-electron chi connectivity index (χ0n) is 10.4. The fraction of sp³-hybridized carbons (Fsp3) is 0.750. The highest BCUT2D eigenvalue weighted by molar-refractivity contribution is 7.11. The van der Waals surface area contributed by atoms with Crippen LogP contribution in [0.1, 0.15) is 35.5 Å². The number of thiazole rings is 1. The van der Waals surface area contributed by atoms with Crippen LogP contribution in [-0.4, -0.2) is 36.1 Å². The zero-order valence-corrected chi connectivity index (χ0v) is 11.2. The summed E-state index contributed by atoms with van der Waals surface area (Å²) in [5.41, 5.74) is 1.28. The SMILES string of the molecule is CCc1nc(C(C)N2CCNCC2)sc1C. The maximum absolute atomic E-state index is 4.76. The summed E-state index contributed by atoms with van der Waals surface area (Å²) < 4.78 is 0. The van der Waals surface area contributed by atoms with Crippen molar-refractivity contribution < 1.29 is 0 Å². The minimum Gasteiger partial charge on any atom is -0.314 e. The fourth-order valence-corrected chi connectivity index (χ4v) is 3.28. The summed E-state index contributed by atoms with van der Waals surface area (Å²) in [4.78, 5) is 8.67. The van der Waals surface area contributed by atoms with Gasteiger partial charge in [0.15, 0.2) is 0 Å². The highest BCUT2D eigenvalue weighted by atomic mass is 32.1. The molecule has 2 rings (SSSR count). The summed E-state index contributed by atoms with van der Waals surface area (Å²) >= 11 is 1.87. The Morgan fingerprint density at radius 3 is 2.69 bits per heavy atom. The van der Waals surface area contributed by atoms with Gasteiger partial charge in [-0.2, -0.15) is 0 Å². The van der Waals surface area contributed by atoms with Gasteiger partial charge in [-0.15, -0.1) is 11.3 Å². The minimum atomic E-state index is 0.478. The largest absolute Gasteiger partial charge is 0.314 e. The molecule has 1 saturated heterocycles. The molecule has 2 heterocycles. The normalized spacial score (nSPS) is 19.9. The molecule has 0 aromatic carbocycles. The Labute approximate surface area is 102 Å². The number of hydrogen-bond donors (Lipinski definition) is 1. The van der Waals surface area contributed by atoms with E-state index < -0.39 is 0 Å². The van der Waals surface area contributed by atoms with E-state index in [0.717, 1.165) is 32.6 Å². The average molecular weight is 239 g/mol. The van der Waals surface area contributed by atoms with E-state index in [2.05, 4.69) is 31.0 Å². The predicted octanol–water partition coefficient (Wildman–Crippen LogP) is 1.98. The summed E-state index contributed by atoms with van der Waals surface area (Å²) in [7, 11) is 0. The van der Waals surface area contributed by atoms with E-state index in [4.69, 9.17) is 4.98 Å². The second-order valence-corrected chi connectivity index (χ2v) is 5.61. The zero-order chi connectivity index (χ0) is 11.5. The third kappa shape index (κ3) is 2.44. The molecular weight excluding hydrogens is 218 g/mol. The first kappa shape index (κ1) is 12.0. The first-order valence-electron chi connectivity index (χ1n) is 6.13. The van der Waals surface area contributed by atoms with E-state index in [0.29, 0.717) is 6.04 Å². The molecule has 1 aliphatic heterocycles. The van der Waals surface area contributed by atoms with Crippen LogP contribution >= 0.6 is 11.3 Å². The predicted molar refractivity (Wildman–Crippen MR) is 69.1 cm³/mol. The van der Waals surface area contributed by atoms with Crippen molar-refractivity contribution in [3.05, 3.63) is 15.6 Å². The Kier molecular flexibility index (Phi) is 3.95. The van der Waals surface area contributed by atoms with Crippen LogP contribution in [0.2, 0.25) is 0 Å². The number of hydrogen-bond acceptors (Lipinski definition) is 4. The molecule has 4 heteroatoms. The second-order valence-electron chi connectivity index (χ2n) is 4.37. The van der Waals surface area contributed by atoms with Gasteiger partial charge in [-0.3, -0.25) is 4.90 Å². The van der Waals surface area contributed by atoms with Crippen molar-refractivity contribution in [2.45, 2.75) is 33.2 Å². The maximum atomic E-state index is 4.76. The lowest BCUT2D eigenvalue weighted by Crippen LogP contribution is -2.44. The highest BCUT2D eigenvalue weighted by Gasteiger charge is 2.21. The molecular formula is C12H21N3S. The van der Waals surface area contributed by atoms with E-state index in [1.807, 2.05) is 11.3 Å². The van der Waals surface area contributed by atoms with Gasteiger partial charge in [-0.25, -0.2) is 4.98 Å². The van der Waals surface area contributed by atoms with Gasteiger partial charge in [0.25, 0.3) is 0 Å². The summed E-state index contributed by atoms with van der Waals surface area (Å²) in [5.74, 6) is 0. The van der Waals surface area contributed by atoms with Gasteiger partial charge >= 0.3 is 0 Å². The van der Waals surface area contributed by atoms with Gasteiger partial charge in [0.2, 0.25) is 0 Å². The molecule has 0 amide bonds. The Bertz CT molecular complexity index is 342. The molecule has 1 unspecified atom stereocenters. The monoisotopic (exact) mass is 239 g/mol. The van der Waals surface area contributed by atoms with Crippen LogP contribution in [0.25, 0.3) is 0 Å². The van der Waals surface area contributed by atoms with Gasteiger partial charge in [0.05, 0.1) is 11.7 Å². The number of nitrogens with zero attached hydrogens (tertiary/aromatic N) is 2. The number of piperazine rings is 1. The van der Waals surface area contributed by atoms with Crippen LogP contribution in [0.4, 0.5) is 0 Å². The van der Waals surface area contributed by atoms with Crippen LogP contribution in [-0.2, 0) is 6.42 Å². The molecule has 3 nitrogen and oxygen atoms in total. The third-order valence-corrected chi connectivity index (χ3v) is 4.48. The van der Waals surface area contributed by atoms with Crippen molar-refractivity contribution in [1.82, 2.24) is 15.2 Å². The summed E-state index contributed by atoms with van der Waals surface area (Å²) in [6, 6.07) is 0.478. The summed E-state index contributed by atoms with van der Waals surface area (Å²) in [6.45, 7) is 11.1. The summed E-state index contributed by atoms with van der Waals surface area (Å²) in [6.07, 6.45) is 1.05. The first-order chi connectivity index (χ1) is 7.72. The first-order valence-corrected chi connectivity index (χ1v) is 6.95. The lowest BCUT2D eigenvalue weighted by atomic mass is 10.2. The molecule has 1 aromatic rings. The van der Waals surface area contributed by atoms with Crippen LogP contribution in [0, 0.1) is 6.92 Å². The van der Waals surface area contributed by atoms with Crippen LogP contribution < -0.4 is 5.32 Å². The molecule has 0 radical (unpaired) electrons. The second kappa shape index (κ2) is 5.25. The minimum absolute atomic E-state index is 0.478. The molecule has 90 valence electrons. The maximum Gasteiger partial charge on any atom is 0.110 e. The van der Waals surface area contributed by atoms with E-state index in [1.165, 1.54) is 15.6 Å². The number of nitrogens with one attached hydrogen (secondary N) is 1. The molecule has 1 fully saturated rings. The quantitative estimate of drug-likeness (QED) is 0.874. The Morgan fingerprint density at radius 2 is 2.12 bits per heavy atom. The van der Waals surface area contributed by atoms with Crippen molar-refractivity contribution in [2.24, 2.45) is 0 Å². The Hall–Kier alpha value is -0.450. The van der Waals surface area contributed by atoms with E-state index in [-0.39, 0.29) is 0 Å². The third-order valence-electron chi connectivity index (χ3n) is 3.30. The van der Waals surface area contributed by atoms with Crippen LogP contribution in [0.15, 0.2) is 0 Å². The molecule has 0 bridgehead atoms. The average Bonchev–Trinajstić information content (AvgIpc) is 2.71. The smallest absolute Gasteiger partial charge is 0.110 e. The van der Waals surface area contributed by atoms with Crippen molar-refractivity contribution in [3.63, 3.8) is 0 Å². The fourth-order valence-electron chi connectivity index (χ4n) is 2.18. The number of aryl methyl sites for hydroxylation is 2. The van der Waals surface area contributed by atoms with Gasteiger partial charge in [0, 0.05) is 31.1 Å². The topological polar surface area (TPSA) is 28.2 Å². The van der Waals surface area contributed by atoms with Gasteiger partial charge in [-0.05, 0) is 20.3 Å². The molecule has 0 aliphatic carbocycles. The van der Waals surface area contributed by atoms with Crippen LogP contribution in [0.5, 0.6) is 0 Å². The molecule has 16 heavy (non-hydrogen) atoms. The summed E-state index contributed by atoms with van der Waals surface area (Å²) in [5, 5.41) is 4.68. The van der Waals surface area contributed by atoms with Gasteiger partial charge in [0.1, 0.15) is 5.01 Å².